The Bertz CT molecular complexity index is 150. The Hall–Kier alpha value is -0.900. The molecule has 1 radical (unpaired) electrons. The van der Waals surface area contributed by atoms with Gasteiger partial charge in [-0.05, 0) is 18.8 Å². The van der Waals surface area contributed by atoms with E-state index in [2.05, 4.69) is 5.92 Å². The fraction of sp³-hybridized carbons (Fsp3) is 0.429. The van der Waals surface area contributed by atoms with Crippen molar-refractivity contribution >= 4 is 0 Å². The van der Waals surface area contributed by atoms with Crippen molar-refractivity contribution in [3.05, 3.63) is 18.2 Å². The van der Waals surface area contributed by atoms with Gasteiger partial charge in [0.25, 0.3) is 0 Å². The minimum Gasteiger partial charge on any atom is -0.368 e. The zero-order valence-electron chi connectivity index (χ0n) is 4.94. The summed E-state index contributed by atoms with van der Waals surface area (Å²) >= 11 is 0. The highest BCUT2D eigenvalue weighted by Gasteiger charge is 2.05. The van der Waals surface area contributed by atoms with Crippen molar-refractivity contribution in [1.29, 1.82) is 0 Å². The Morgan fingerprint density at radius 2 is 2.62 bits per heavy atom. The van der Waals surface area contributed by atoms with Crippen molar-refractivity contribution in [3.63, 3.8) is 0 Å². The van der Waals surface area contributed by atoms with E-state index >= 15 is 0 Å². The molecule has 0 aliphatic carbocycles. The van der Waals surface area contributed by atoms with Gasteiger partial charge in [0.2, 0.25) is 0 Å². The molecule has 1 aliphatic heterocycles. The van der Waals surface area contributed by atoms with E-state index in [0.717, 1.165) is 18.7 Å². The molecule has 0 saturated carbocycles. The van der Waals surface area contributed by atoms with Gasteiger partial charge < -0.3 is 4.90 Å². The average Bonchev–Trinajstić information content (AvgIpc) is 2.14. The van der Waals surface area contributed by atoms with Crippen molar-refractivity contribution < 1.29 is 0 Å². The lowest BCUT2D eigenvalue weighted by atomic mass is 10.4. The summed E-state index contributed by atoms with van der Waals surface area (Å²) in [4.78, 5) is 2.02. The van der Waals surface area contributed by atoms with Gasteiger partial charge in [0.1, 0.15) is 0 Å². The molecule has 0 spiro atoms. The van der Waals surface area contributed by atoms with Gasteiger partial charge in [-0.1, -0.05) is 6.08 Å². The molecule has 0 aromatic carbocycles. The van der Waals surface area contributed by atoms with Gasteiger partial charge in [-0.2, -0.15) is 0 Å². The highest BCUT2D eigenvalue weighted by atomic mass is 15.1. The van der Waals surface area contributed by atoms with Gasteiger partial charge in [0, 0.05) is 13.6 Å². The summed E-state index contributed by atoms with van der Waals surface area (Å²) in [6.07, 6.45) is 9.86. The average molecular weight is 106 g/mol. The lowest BCUT2D eigenvalue weighted by Gasteiger charge is -2.09. The smallest absolute Gasteiger partial charge is 0.0847 e. The second-order valence-corrected chi connectivity index (χ2v) is 1.92. The molecule has 1 heteroatoms. The quantitative estimate of drug-likeness (QED) is 0.413. The van der Waals surface area contributed by atoms with E-state index in [1.807, 2.05) is 18.0 Å². The molecular formula is C7H8N. The van der Waals surface area contributed by atoms with E-state index < -0.39 is 0 Å². The van der Waals surface area contributed by atoms with E-state index in [1.54, 1.807) is 0 Å². The van der Waals surface area contributed by atoms with Crippen LogP contribution < -0.4 is 0 Å². The van der Waals surface area contributed by atoms with E-state index in [4.69, 9.17) is 6.42 Å². The Kier molecular flexibility index (Phi) is 1.26. The lowest BCUT2D eigenvalue weighted by Crippen LogP contribution is -2.11. The van der Waals surface area contributed by atoms with E-state index in [-0.39, 0.29) is 0 Å². The van der Waals surface area contributed by atoms with Crippen molar-refractivity contribution in [2.75, 3.05) is 13.6 Å². The van der Waals surface area contributed by atoms with Crippen molar-refractivity contribution in [2.45, 2.75) is 6.42 Å². The predicted octanol–water partition coefficient (Wildman–Crippen LogP) is 0.796. The van der Waals surface area contributed by atoms with Gasteiger partial charge in [0.15, 0.2) is 0 Å². The molecule has 0 amide bonds. The molecule has 1 nitrogen and oxygen atoms in total. The lowest BCUT2D eigenvalue weighted by molar-refractivity contribution is 0.475. The molecule has 41 valence electrons. The topological polar surface area (TPSA) is 3.24 Å². The highest BCUT2D eigenvalue weighted by Crippen LogP contribution is 2.09. The molecule has 1 rings (SSSR count). The minimum absolute atomic E-state index is 0.921. The van der Waals surface area contributed by atoms with E-state index in [1.165, 1.54) is 0 Å². The number of hydrogen-bond acceptors (Lipinski definition) is 1. The molecule has 8 heavy (non-hydrogen) atoms. The number of nitrogens with zero attached hydrogens (tertiary/aromatic N) is 1. The van der Waals surface area contributed by atoms with Gasteiger partial charge in [0.05, 0.1) is 5.70 Å². The molecule has 0 aromatic rings. The first kappa shape index (κ1) is 5.24. The largest absolute Gasteiger partial charge is 0.368 e. The van der Waals surface area contributed by atoms with Crippen molar-refractivity contribution in [3.8, 4) is 5.92 Å². The van der Waals surface area contributed by atoms with Crippen molar-refractivity contribution in [1.82, 2.24) is 4.90 Å². The number of allylic oxidation sites excluding steroid dienone is 1. The maximum Gasteiger partial charge on any atom is 0.0847 e. The van der Waals surface area contributed by atoms with Crippen molar-refractivity contribution in [2.24, 2.45) is 0 Å². The highest BCUT2D eigenvalue weighted by molar-refractivity contribution is 5.24. The number of rotatable bonds is 0. The summed E-state index contributed by atoms with van der Waals surface area (Å²) in [5.74, 6) is 2.35. The van der Waals surface area contributed by atoms with Crippen LogP contribution in [0.3, 0.4) is 0 Å². The SMILES string of the molecule is [C]#CC1=CCCN1C. The van der Waals surface area contributed by atoms with E-state index in [9.17, 15) is 0 Å². The van der Waals surface area contributed by atoms with Crippen LogP contribution in [-0.2, 0) is 0 Å². The van der Waals surface area contributed by atoms with Gasteiger partial charge in [-0.25, -0.2) is 0 Å². The summed E-state index contributed by atoms with van der Waals surface area (Å²) in [7, 11) is 1.97. The first-order valence-electron chi connectivity index (χ1n) is 2.68. The molecule has 1 heterocycles. The van der Waals surface area contributed by atoms with Crippen LogP contribution in [0.4, 0.5) is 0 Å². The Morgan fingerprint density at radius 3 is 2.88 bits per heavy atom. The predicted molar refractivity (Wildman–Crippen MR) is 32.5 cm³/mol. The van der Waals surface area contributed by atoms with Crippen LogP contribution in [0.15, 0.2) is 11.8 Å². The van der Waals surface area contributed by atoms with Crippen LogP contribution in [0.5, 0.6) is 0 Å². The summed E-state index contributed by atoms with van der Waals surface area (Å²) < 4.78 is 0. The summed E-state index contributed by atoms with van der Waals surface area (Å²) in [6, 6.07) is 0. The zero-order valence-corrected chi connectivity index (χ0v) is 4.94. The molecular weight excluding hydrogens is 98.1 g/mol. The standard InChI is InChI=1S/C7H8N/c1-3-7-5-4-6-8(7)2/h5H,4,6H2,2H3. The van der Waals surface area contributed by atoms with Crippen LogP contribution in [-0.4, -0.2) is 18.5 Å². The first-order chi connectivity index (χ1) is 3.84. The van der Waals surface area contributed by atoms with Gasteiger partial charge in [-0.3, -0.25) is 0 Å². The summed E-state index contributed by atoms with van der Waals surface area (Å²) in [6.45, 7) is 1.04. The third-order valence-corrected chi connectivity index (χ3v) is 1.34. The van der Waals surface area contributed by atoms with Crippen LogP contribution in [0.25, 0.3) is 0 Å². The summed E-state index contributed by atoms with van der Waals surface area (Å²) in [5.41, 5.74) is 0.921. The van der Waals surface area contributed by atoms with Crippen LogP contribution >= 0.6 is 0 Å². The third kappa shape index (κ3) is 0.696. The normalized spacial score (nSPS) is 18.0. The minimum atomic E-state index is 0.921. The first-order valence-corrected chi connectivity index (χ1v) is 2.68. The maximum absolute atomic E-state index is 6.77. The molecule has 0 N–H and O–H groups in total. The second kappa shape index (κ2) is 1.92. The zero-order chi connectivity index (χ0) is 5.98. The van der Waals surface area contributed by atoms with Crippen LogP contribution in [0.2, 0.25) is 0 Å². The van der Waals surface area contributed by atoms with Gasteiger partial charge in [-0.15, -0.1) is 0 Å². The number of hydrogen-bond donors (Lipinski definition) is 0. The molecule has 0 aromatic heterocycles. The fourth-order valence-electron chi connectivity index (χ4n) is 0.818. The third-order valence-electron chi connectivity index (χ3n) is 1.34. The molecule has 0 unspecified atom stereocenters. The monoisotopic (exact) mass is 106 g/mol. The van der Waals surface area contributed by atoms with E-state index in [0.29, 0.717) is 0 Å². The molecule has 0 atom stereocenters. The molecule has 1 aliphatic rings. The molecule has 0 bridgehead atoms. The maximum atomic E-state index is 6.77. The molecule has 0 saturated heterocycles. The summed E-state index contributed by atoms with van der Waals surface area (Å²) in [5, 5.41) is 0. The Morgan fingerprint density at radius 1 is 1.88 bits per heavy atom. The molecule has 0 fully saturated rings. The Balaban J connectivity index is 2.66. The van der Waals surface area contributed by atoms with Crippen LogP contribution in [0.1, 0.15) is 6.42 Å². The Labute approximate surface area is 50.0 Å². The van der Waals surface area contributed by atoms with Crippen LogP contribution in [0, 0.1) is 12.3 Å². The fourth-order valence-corrected chi connectivity index (χ4v) is 0.818. The second-order valence-electron chi connectivity index (χ2n) is 1.92. The van der Waals surface area contributed by atoms with Gasteiger partial charge >= 0.3 is 0 Å².